The quantitative estimate of drug-likeness (QED) is 0.256. The van der Waals surface area contributed by atoms with E-state index in [1.165, 1.54) is 36.3 Å². The first-order valence-corrected chi connectivity index (χ1v) is 15.5. The third-order valence-corrected chi connectivity index (χ3v) is 9.24. The number of ether oxygens (including phenoxy) is 1. The molecule has 2 atom stereocenters. The highest BCUT2D eigenvalue weighted by Gasteiger charge is 2.34. The molecule has 0 aromatic heterocycles. The van der Waals surface area contributed by atoms with Crippen LogP contribution in [-0.2, 0) is 26.2 Å². The van der Waals surface area contributed by atoms with Crippen molar-refractivity contribution in [3.8, 4) is 5.75 Å². The van der Waals surface area contributed by atoms with E-state index in [9.17, 15) is 18.0 Å². The number of amides is 2. The number of benzene rings is 3. The number of carbonyl (C=O) groups is 2. The third kappa shape index (κ3) is 7.93. The van der Waals surface area contributed by atoms with Gasteiger partial charge < -0.3 is 15.0 Å². The number of nitrogens with zero attached hydrogens (tertiary/aromatic N) is 2. The van der Waals surface area contributed by atoms with E-state index in [2.05, 4.69) is 5.32 Å². The van der Waals surface area contributed by atoms with Crippen LogP contribution < -0.4 is 14.4 Å². The molecule has 0 saturated heterocycles. The third-order valence-electron chi connectivity index (χ3n) is 6.75. The van der Waals surface area contributed by atoms with Crippen LogP contribution in [0.5, 0.6) is 5.75 Å². The highest BCUT2D eigenvalue weighted by molar-refractivity contribution is 7.92. The molecule has 41 heavy (non-hydrogen) atoms. The zero-order chi connectivity index (χ0) is 30.2. The minimum absolute atomic E-state index is 0.0165. The molecule has 0 aliphatic rings. The first kappa shape index (κ1) is 32.2. The van der Waals surface area contributed by atoms with Gasteiger partial charge in [-0.05, 0) is 68.3 Å². The SMILES string of the molecule is CC[C@H](C(=O)N[C@@H](C)CC)N(Cc1c(Cl)cccc1Cl)C(=O)CN(c1ccccc1)S(=O)(=O)c1ccc(OC)cc1. The van der Waals surface area contributed by atoms with Crippen molar-refractivity contribution in [2.45, 2.75) is 57.1 Å². The summed E-state index contributed by atoms with van der Waals surface area (Å²) < 4.78 is 34.0. The number of carbonyl (C=O) groups excluding carboxylic acids is 2. The Balaban J connectivity index is 2.07. The Morgan fingerprint density at radius 1 is 0.902 bits per heavy atom. The van der Waals surface area contributed by atoms with Gasteiger partial charge in [0.15, 0.2) is 0 Å². The Hall–Kier alpha value is -3.27. The smallest absolute Gasteiger partial charge is 0.264 e. The normalized spacial score (nSPS) is 12.7. The van der Waals surface area contributed by atoms with E-state index in [-0.39, 0.29) is 29.8 Å². The predicted octanol–water partition coefficient (Wildman–Crippen LogP) is 5.92. The molecular weight excluding hydrogens is 585 g/mol. The van der Waals surface area contributed by atoms with Gasteiger partial charge in [0, 0.05) is 28.2 Å². The lowest BCUT2D eigenvalue weighted by molar-refractivity contribution is -0.140. The van der Waals surface area contributed by atoms with Crippen LogP contribution >= 0.6 is 23.2 Å². The molecule has 220 valence electrons. The fourth-order valence-corrected chi connectivity index (χ4v) is 6.14. The molecule has 11 heteroatoms. The van der Waals surface area contributed by atoms with Crippen LogP contribution in [0.25, 0.3) is 0 Å². The highest BCUT2D eigenvalue weighted by Crippen LogP contribution is 2.29. The van der Waals surface area contributed by atoms with Gasteiger partial charge in [-0.25, -0.2) is 8.42 Å². The van der Waals surface area contributed by atoms with Gasteiger partial charge in [-0.15, -0.1) is 0 Å². The molecule has 8 nitrogen and oxygen atoms in total. The van der Waals surface area contributed by atoms with Crippen LogP contribution in [0.15, 0.2) is 77.7 Å². The van der Waals surface area contributed by atoms with Crippen LogP contribution in [0.2, 0.25) is 10.0 Å². The Kier molecular flexibility index (Phi) is 11.5. The molecule has 0 radical (unpaired) electrons. The molecule has 0 fully saturated rings. The fraction of sp³-hybridized carbons (Fsp3) is 0.333. The second kappa shape index (κ2) is 14.6. The molecule has 0 unspecified atom stereocenters. The number of methoxy groups -OCH3 is 1. The van der Waals surface area contributed by atoms with Crippen molar-refractivity contribution in [2.75, 3.05) is 18.0 Å². The molecular formula is C30H35Cl2N3O5S. The van der Waals surface area contributed by atoms with E-state index >= 15 is 0 Å². The van der Waals surface area contributed by atoms with E-state index in [0.717, 1.165) is 4.31 Å². The molecule has 0 bridgehead atoms. The molecule has 3 rings (SSSR count). The Labute approximate surface area is 252 Å². The van der Waals surface area contributed by atoms with Gasteiger partial charge >= 0.3 is 0 Å². The summed E-state index contributed by atoms with van der Waals surface area (Å²) in [5.74, 6) is -0.442. The average Bonchev–Trinajstić information content (AvgIpc) is 2.97. The number of para-hydroxylation sites is 1. The maximum atomic E-state index is 14.1. The zero-order valence-corrected chi connectivity index (χ0v) is 25.8. The lowest BCUT2D eigenvalue weighted by atomic mass is 10.1. The largest absolute Gasteiger partial charge is 0.497 e. The second-order valence-electron chi connectivity index (χ2n) is 9.49. The minimum atomic E-state index is -4.19. The molecule has 0 spiro atoms. The summed E-state index contributed by atoms with van der Waals surface area (Å²) in [6.45, 7) is 4.96. The molecule has 1 N–H and O–H groups in total. The van der Waals surface area contributed by atoms with E-state index in [1.807, 2.05) is 13.8 Å². The van der Waals surface area contributed by atoms with Crippen molar-refractivity contribution in [3.63, 3.8) is 0 Å². The van der Waals surface area contributed by atoms with Gasteiger partial charge in [0.1, 0.15) is 18.3 Å². The van der Waals surface area contributed by atoms with Gasteiger partial charge in [0.25, 0.3) is 10.0 Å². The second-order valence-corrected chi connectivity index (χ2v) is 12.2. The lowest BCUT2D eigenvalue weighted by Gasteiger charge is -2.34. The summed E-state index contributed by atoms with van der Waals surface area (Å²) in [5, 5.41) is 3.60. The number of sulfonamides is 1. The molecule has 0 aliphatic heterocycles. The first-order valence-electron chi connectivity index (χ1n) is 13.3. The van der Waals surface area contributed by atoms with Crippen molar-refractivity contribution in [2.24, 2.45) is 0 Å². The lowest BCUT2D eigenvalue weighted by Crippen LogP contribution is -2.53. The molecule has 2 amide bonds. The van der Waals surface area contributed by atoms with Crippen LogP contribution in [-0.4, -0.2) is 50.9 Å². The van der Waals surface area contributed by atoms with Gasteiger partial charge in [0.2, 0.25) is 11.8 Å². The summed E-state index contributed by atoms with van der Waals surface area (Å²) in [7, 11) is -2.71. The Bertz CT molecular complexity index is 1420. The van der Waals surface area contributed by atoms with Crippen LogP contribution in [0, 0.1) is 0 Å². The topological polar surface area (TPSA) is 96.0 Å². The molecule has 3 aromatic carbocycles. The Morgan fingerprint density at radius 3 is 2.05 bits per heavy atom. The van der Waals surface area contributed by atoms with Crippen LogP contribution in [0.4, 0.5) is 5.69 Å². The van der Waals surface area contributed by atoms with Gasteiger partial charge in [-0.1, -0.05) is 61.3 Å². The number of halogens is 2. The molecule has 0 heterocycles. The van der Waals surface area contributed by atoms with Gasteiger partial charge in [-0.3, -0.25) is 13.9 Å². The van der Waals surface area contributed by atoms with Crippen molar-refractivity contribution in [1.29, 1.82) is 0 Å². The van der Waals surface area contributed by atoms with E-state index in [0.29, 0.717) is 33.5 Å². The number of hydrogen-bond acceptors (Lipinski definition) is 5. The van der Waals surface area contributed by atoms with E-state index in [4.69, 9.17) is 27.9 Å². The maximum absolute atomic E-state index is 14.1. The summed E-state index contributed by atoms with van der Waals surface area (Å²) in [5.41, 5.74) is 0.757. The summed E-state index contributed by atoms with van der Waals surface area (Å²) in [6.07, 6.45) is 0.987. The monoisotopic (exact) mass is 619 g/mol. The summed E-state index contributed by atoms with van der Waals surface area (Å²) >= 11 is 12.9. The van der Waals surface area contributed by atoms with Crippen molar-refractivity contribution < 1.29 is 22.7 Å². The number of anilines is 1. The fourth-order valence-electron chi connectivity index (χ4n) is 4.21. The molecule has 0 aliphatic carbocycles. The van der Waals surface area contributed by atoms with Crippen molar-refractivity contribution >= 4 is 50.7 Å². The predicted molar refractivity (Wildman–Crippen MR) is 163 cm³/mol. The van der Waals surface area contributed by atoms with Crippen LogP contribution in [0.3, 0.4) is 0 Å². The highest BCUT2D eigenvalue weighted by atomic mass is 35.5. The molecule has 3 aromatic rings. The summed E-state index contributed by atoms with van der Waals surface area (Å²) in [4.78, 5) is 28.8. The number of rotatable bonds is 13. The average molecular weight is 621 g/mol. The zero-order valence-electron chi connectivity index (χ0n) is 23.5. The van der Waals surface area contributed by atoms with E-state index in [1.54, 1.807) is 55.5 Å². The first-order chi connectivity index (χ1) is 19.5. The standard InChI is InChI=1S/C30H35Cl2N3O5S/c1-5-21(3)33-30(37)28(6-2)34(19-25-26(31)13-10-14-27(25)32)29(36)20-35(22-11-8-7-9-12-22)41(38,39)24-17-15-23(40-4)16-18-24/h7-18,21,28H,5-6,19-20H2,1-4H3,(H,33,37)/t21-,28+/m0/s1. The van der Waals surface area contributed by atoms with Gasteiger partial charge in [0.05, 0.1) is 17.7 Å². The maximum Gasteiger partial charge on any atom is 0.264 e. The number of nitrogens with one attached hydrogen (secondary N) is 1. The minimum Gasteiger partial charge on any atom is -0.497 e. The Morgan fingerprint density at radius 2 is 1.51 bits per heavy atom. The summed E-state index contributed by atoms with van der Waals surface area (Å²) in [6, 6.07) is 18.2. The van der Waals surface area contributed by atoms with E-state index < -0.39 is 28.5 Å². The number of hydrogen-bond donors (Lipinski definition) is 1. The van der Waals surface area contributed by atoms with Gasteiger partial charge in [-0.2, -0.15) is 0 Å². The molecule has 0 saturated carbocycles. The van der Waals surface area contributed by atoms with Crippen LogP contribution in [0.1, 0.15) is 39.2 Å². The van der Waals surface area contributed by atoms with Crippen molar-refractivity contribution in [1.82, 2.24) is 10.2 Å². The van der Waals surface area contributed by atoms with Crippen molar-refractivity contribution in [3.05, 3.63) is 88.4 Å².